The van der Waals surface area contributed by atoms with Crippen LogP contribution in [0.4, 0.5) is 5.95 Å². The van der Waals surface area contributed by atoms with E-state index in [-0.39, 0.29) is 5.97 Å². The lowest BCUT2D eigenvalue weighted by Crippen LogP contribution is -2.36. The zero-order valence-corrected chi connectivity index (χ0v) is 12.4. The average molecular weight is 308 g/mol. The number of methoxy groups -OCH3 is 1. The standard InChI is InChI=1S/C10H15N3O2.H2O4S/c1-7(2)12-10-11-5-8(6-13(10)3)9(14)15-4;1-5(2,3)4/h5-7H,1-4H3;(H2,1,2,3,4)/p+1. The van der Waals surface area contributed by atoms with E-state index in [1.54, 1.807) is 10.8 Å². The number of esters is 1. The summed E-state index contributed by atoms with van der Waals surface area (Å²) in [6, 6.07) is 0.299. The number of anilines is 1. The van der Waals surface area contributed by atoms with Gasteiger partial charge in [-0.2, -0.15) is 8.42 Å². The molecule has 1 rings (SSSR count). The fourth-order valence-electron chi connectivity index (χ4n) is 1.15. The van der Waals surface area contributed by atoms with Gasteiger partial charge in [0, 0.05) is 0 Å². The summed E-state index contributed by atoms with van der Waals surface area (Å²) in [6.07, 6.45) is 3.18. The van der Waals surface area contributed by atoms with Crippen molar-refractivity contribution in [1.29, 1.82) is 0 Å². The Balaban J connectivity index is 0.000000621. The lowest BCUT2D eigenvalue weighted by molar-refractivity contribution is -0.660. The van der Waals surface area contributed by atoms with Crippen molar-refractivity contribution in [3.05, 3.63) is 18.0 Å². The molecule has 3 N–H and O–H groups in total. The minimum atomic E-state index is -4.67. The van der Waals surface area contributed by atoms with Crippen LogP contribution in [0, 0.1) is 0 Å². The molecule has 0 bridgehead atoms. The van der Waals surface area contributed by atoms with Gasteiger partial charge in [-0.25, -0.2) is 9.36 Å². The Morgan fingerprint density at radius 3 is 2.30 bits per heavy atom. The van der Waals surface area contributed by atoms with Crippen LogP contribution in [0.2, 0.25) is 0 Å². The third kappa shape index (κ3) is 8.34. The Kier molecular flexibility index (Phi) is 7.04. The zero-order chi connectivity index (χ0) is 15.9. The summed E-state index contributed by atoms with van der Waals surface area (Å²) >= 11 is 0. The molecule has 10 heteroatoms. The van der Waals surface area contributed by atoms with Crippen LogP contribution < -0.4 is 9.88 Å². The SMILES string of the molecule is COC(=O)c1cnc(NC(C)C)[n+](C)c1.O=S(=O)(O)O. The molecule has 0 fully saturated rings. The van der Waals surface area contributed by atoms with E-state index in [4.69, 9.17) is 17.5 Å². The van der Waals surface area contributed by atoms with Crippen LogP contribution in [0.1, 0.15) is 24.2 Å². The molecule has 0 aliphatic carbocycles. The van der Waals surface area contributed by atoms with Gasteiger partial charge in [-0.05, 0) is 13.8 Å². The molecule has 1 heterocycles. The van der Waals surface area contributed by atoms with Crippen molar-refractivity contribution in [2.75, 3.05) is 12.4 Å². The minimum absolute atomic E-state index is 0.299. The van der Waals surface area contributed by atoms with Gasteiger partial charge in [0.25, 0.3) is 0 Å². The van der Waals surface area contributed by atoms with Gasteiger partial charge < -0.3 is 4.74 Å². The molecule has 0 spiro atoms. The van der Waals surface area contributed by atoms with Crippen molar-refractivity contribution >= 4 is 22.3 Å². The maximum absolute atomic E-state index is 11.2. The lowest BCUT2D eigenvalue weighted by Gasteiger charge is -2.05. The van der Waals surface area contributed by atoms with Crippen LogP contribution in [-0.2, 0) is 22.2 Å². The normalized spacial score (nSPS) is 10.6. The quantitative estimate of drug-likeness (QED) is 0.399. The number of ether oxygens (including phenoxy) is 1. The fraction of sp³-hybridized carbons (Fsp3) is 0.500. The highest BCUT2D eigenvalue weighted by Gasteiger charge is 2.14. The van der Waals surface area contributed by atoms with Gasteiger partial charge in [0.15, 0.2) is 0 Å². The number of carbonyl (C=O) groups is 1. The van der Waals surface area contributed by atoms with Crippen molar-refractivity contribution in [1.82, 2.24) is 4.98 Å². The summed E-state index contributed by atoms with van der Waals surface area (Å²) in [5, 5.41) is 3.16. The number of nitrogens with one attached hydrogen (secondary N) is 1. The van der Waals surface area contributed by atoms with Crippen LogP contribution in [0.15, 0.2) is 12.4 Å². The van der Waals surface area contributed by atoms with Gasteiger partial charge in [-0.15, -0.1) is 0 Å². The minimum Gasteiger partial charge on any atom is -0.465 e. The molecule has 0 saturated heterocycles. The zero-order valence-electron chi connectivity index (χ0n) is 11.6. The predicted octanol–water partition coefficient (Wildman–Crippen LogP) is -0.140. The van der Waals surface area contributed by atoms with Crippen LogP contribution >= 0.6 is 0 Å². The summed E-state index contributed by atoms with van der Waals surface area (Å²) in [7, 11) is -1.49. The monoisotopic (exact) mass is 308 g/mol. The second kappa shape index (κ2) is 7.72. The van der Waals surface area contributed by atoms with E-state index in [1.807, 2.05) is 20.9 Å². The molecule has 1 aromatic heterocycles. The number of hydrogen-bond acceptors (Lipinski definition) is 6. The first-order valence-electron chi connectivity index (χ1n) is 5.45. The van der Waals surface area contributed by atoms with Crippen molar-refractivity contribution in [2.45, 2.75) is 19.9 Å². The largest absolute Gasteiger partial charge is 0.465 e. The van der Waals surface area contributed by atoms with Gasteiger partial charge in [-0.3, -0.25) is 14.4 Å². The Morgan fingerprint density at radius 2 is 1.95 bits per heavy atom. The third-order valence-corrected chi connectivity index (χ3v) is 1.83. The van der Waals surface area contributed by atoms with Gasteiger partial charge >= 0.3 is 22.3 Å². The Hall–Kier alpha value is -1.78. The molecule has 0 aliphatic rings. The van der Waals surface area contributed by atoms with E-state index < -0.39 is 10.4 Å². The van der Waals surface area contributed by atoms with E-state index in [1.165, 1.54) is 13.3 Å². The molecule has 0 saturated carbocycles. The third-order valence-electron chi connectivity index (χ3n) is 1.83. The highest BCUT2D eigenvalue weighted by molar-refractivity contribution is 7.79. The highest BCUT2D eigenvalue weighted by atomic mass is 32.3. The first kappa shape index (κ1) is 18.2. The fourth-order valence-corrected chi connectivity index (χ4v) is 1.15. The molecular weight excluding hydrogens is 290 g/mol. The molecular formula is C10H18N3O6S+. The molecule has 0 atom stereocenters. The number of aromatic nitrogens is 2. The number of rotatable bonds is 3. The maximum atomic E-state index is 11.2. The molecule has 0 amide bonds. The number of aryl methyl sites for hydroxylation is 1. The molecule has 0 radical (unpaired) electrons. The van der Waals surface area contributed by atoms with Crippen molar-refractivity contribution in [3.63, 3.8) is 0 Å². The first-order valence-corrected chi connectivity index (χ1v) is 6.84. The molecule has 0 aromatic carbocycles. The van der Waals surface area contributed by atoms with Gasteiger partial charge in [0.2, 0.25) is 0 Å². The summed E-state index contributed by atoms with van der Waals surface area (Å²) in [4.78, 5) is 15.3. The van der Waals surface area contributed by atoms with Crippen LogP contribution in [0.3, 0.4) is 0 Å². The van der Waals surface area contributed by atoms with Crippen LogP contribution in [0.5, 0.6) is 0 Å². The molecule has 0 unspecified atom stereocenters. The number of carbonyl (C=O) groups excluding carboxylic acids is 1. The van der Waals surface area contributed by atoms with Crippen LogP contribution in [-0.4, -0.2) is 41.6 Å². The molecule has 114 valence electrons. The number of nitrogens with zero attached hydrogens (tertiary/aromatic N) is 2. The van der Waals surface area contributed by atoms with E-state index in [0.717, 1.165) is 5.95 Å². The molecule has 0 aliphatic heterocycles. The first-order chi connectivity index (χ1) is 9.04. The Bertz CT molecular complexity index is 550. The lowest BCUT2D eigenvalue weighted by atomic mass is 10.3. The van der Waals surface area contributed by atoms with Crippen molar-refractivity contribution in [3.8, 4) is 0 Å². The second-order valence-electron chi connectivity index (χ2n) is 4.02. The highest BCUT2D eigenvalue weighted by Crippen LogP contribution is 2.00. The molecule has 1 aromatic rings. The number of hydrogen-bond donors (Lipinski definition) is 3. The van der Waals surface area contributed by atoms with Crippen molar-refractivity contribution < 1.29 is 31.6 Å². The Morgan fingerprint density at radius 1 is 1.45 bits per heavy atom. The van der Waals surface area contributed by atoms with Crippen molar-refractivity contribution in [2.24, 2.45) is 7.05 Å². The molecule has 9 nitrogen and oxygen atoms in total. The summed E-state index contributed by atoms with van der Waals surface area (Å²) in [5.74, 6) is 0.340. The van der Waals surface area contributed by atoms with Gasteiger partial charge in [0.1, 0.15) is 11.8 Å². The Labute approximate surface area is 117 Å². The van der Waals surface area contributed by atoms with E-state index in [2.05, 4.69) is 15.0 Å². The van der Waals surface area contributed by atoms with Crippen LogP contribution in [0.25, 0.3) is 0 Å². The second-order valence-corrected chi connectivity index (χ2v) is 4.91. The summed E-state index contributed by atoms with van der Waals surface area (Å²) in [5.41, 5.74) is 0.439. The van der Waals surface area contributed by atoms with Gasteiger partial charge in [-0.1, -0.05) is 4.98 Å². The van der Waals surface area contributed by atoms with E-state index in [0.29, 0.717) is 11.6 Å². The van der Waals surface area contributed by atoms with Gasteiger partial charge in [0.05, 0.1) is 26.4 Å². The summed E-state index contributed by atoms with van der Waals surface area (Å²) in [6.45, 7) is 4.05. The van der Waals surface area contributed by atoms with E-state index >= 15 is 0 Å². The average Bonchev–Trinajstić information content (AvgIpc) is 2.28. The smallest absolute Gasteiger partial charge is 0.394 e. The van der Waals surface area contributed by atoms with E-state index in [9.17, 15) is 4.79 Å². The molecule has 20 heavy (non-hydrogen) atoms. The predicted molar refractivity (Wildman–Crippen MR) is 69.7 cm³/mol. The maximum Gasteiger partial charge on any atom is 0.394 e. The topological polar surface area (TPSA) is 130 Å². The summed E-state index contributed by atoms with van der Waals surface area (Å²) < 4.78 is 37.9.